The van der Waals surface area contributed by atoms with Gasteiger partial charge in [0.1, 0.15) is 0 Å². The molecule has 0 fully saturated rings. The Balaban J connectivity index is 2.46. The van der Waals surface area contributed by atoms with E-state index in [9.17, 15) is 0 Å². The lowest BCUT2D eigenvalue weighted by molar-refractivity contribution is 0.0161. The number of hydrogen-bond donors (Lipinski definition) is 3. The van der Waals surface area contributed by atoms with E-state index in [2.05, 4.69) is 10.3 Å². The van der Waals surface area contributed by atoms with Crippen LogP contribution in [0.15, 0.2) is 4.99 Å². The number of nitrogens with one attached hydrogen (secondary N) is 1. The van der Waals surface area contributed by atoms with Gasteiger partial charge >= 0.3 is 0 Å². The summed E-state index contributed by atoms with van der Waals surface area (Å²) in [6.45, 7) is 1.48. The summed E-state index contributed by atoms with van der Waals surface area (Å²) in [5.41, 5.74) is 0. The Hall–Kier alpha value is -0.610. The van der Waals surface area contributed by atoms with E-state index < -0.39 is 6.29 Å². The van der Waals surface area contributed by atoms with Crippen LogP contribution in [0.2, 0.25) is 0 Å². The van der Waals surface area contributed by atoms with E-state index in [0.717, 1.165) is 13.0 Å². The van der Waals surface area contributed by atoms with Gasteiger partial charge in [-0.25, -0.2) is 0 Å². The third-order valence-corrected chi connectivity index (χ3v) is 1.17. The number of nitrogens with zero attached hydrogens (tertiary/aromatic N) is 1. The summed E-state index contributed by atoms with van der Waals surface area (Å²) in [7, 11) is 0. The van der Waals surface area contributed by atoms with E-state index in [-0.39, 0.29) is 0 Å². The van der Waals surface area contributed by atoms with Crippen molar-refractivity contribution >= 4 is 5.84 Å². The van der Waals surface area contributed by atoms with Crippen molar-refractivity contribution in [3.63, 3.8) is 0 Å². The fourth-order valence-electron chi connectivity index (χ4n) is 0.724. The molecule has 4 nitrogen and oxygen atoms in total. The molecule has 52 valence electrons. The van der Waals surface area contributed by atoms with Crippen molar-refractivity contribution in [3.8, 4) is 0 Å². The molecule has 0 aromatic rings. The minimum absolute atomic E-state index is 0.293. The van der Waals surface area contributed by atoms with Gasteiger partial charge in [0.15, 0.2) is 5.84 Å². The number of amidine groups is 1. The Morgan fingerprint density at radius 3 is 2.67 bits per heavy atom. The molecular weight excluding hydrogens is 120 g/mol. The molecule has 1 aliphatic heterocycles. The standard InChI is InChI=1S/C5H10N2O2/c8-5(9)4-6-2-1-3-7-4/h5,8-9H,1-3H2,(H,6,7). The summed E-state index contributed by atoms with van der Waals surface area (Å²) in [5.74, 6) is 0.293. The van der Waals surface area contributed by atoms with Crippen molar-refractivity contribution in [3.05, 3.63) is 0 Å². The monoisotopic (exact) mass is 130 g/mol. The third kappa shape index (κ3) is 1.65. The molecule has 0 unspecified atom stereocenters. The number of aliphatic hydroxyl groups is 2. The van der Waals surface area contributed by atoms with Gasteiger partial charge in [-0.15, -0.1) is 0 Å². The van der Waals surface area contributed by atoms with Crippen LogP contribution in [0.5, 0.6) is 0 Å². The zero-order valence-corrected chi connectivity index (χ0v) is 5.04. The minimum Gasteiger partial charge on any atom is -0.369 e. The second kappa shape index (κ2) is 2.80. The number of hydrogen-bond acceptors (Lipinski definition) is 4. The zero-order chi connectivity index (χ0) is 6.69. The SMILES string of the molecule is OC(O)C1=NCCCN1. The van der Waals surface area contributed by atoms with Crippen LogP contribution in [0.25, 0.3) is 0 Å². The van der Waals surface area contributed by atoms with E-state index in [0.29, 0.717) is 12.4 Å². The van der Waals surface area contributed by atoms with Crippen molar-refractivity contribution in [2.24, 2.45) is 4.99 Å². The molecule has 1 heterocycles. The zero-order valence-electron chi connectivity index (χ0n) is 5.04. The van der Waals surface area contributed by atoms with E-state index in [1.165, 1.54) is 0 Å². The van der Waals surface area contributed by atoms with Crippen molar-refractivity contribution in [2.75, 3.05) is 13.1 Å². The third-order valence-electron chi connectivity index (χ3n) is 1.17. The first-order valence-corrected chi connectivity index (χ1v) is 2.95. The molecule has 1 rings (SSSR count). The van der Waals surface area contributed by atoms with Gasteiger partial charge in [0.25, 0.3) is 0 Å². The average Bonchev–Trinajstić information content (AvgIpc) is 1.90. The predicted molar refractivity (Wildman–Crippen MR) is 33.1 cm³/mol. The Kier molecular flexibility index (Phi) is 2.02. The fourth-order valence-corrected chi connectivity index (χ4v) is 0.724. The van der Waals surface area contributed by atoms with Crippen LogP contribution in [0.1, 0.15) is 6.42 Å². The van der Waals surface area contributed by atoms with Gasteiger partial charge in [-0.3, -0.25) is 4.99 Å². The minimum atomic E-state index is -1.43. The molecule has 0 radical (unpaired) electrons. The lowest BCUT2D eigenvalue weighted by Crippen LogP contribution is -2.38. The second-order valence-corrected chi connectivity index (χ2v) is 1.92. The van der Waals surface area contributed by atoms with Gasteiger partial charge in [0.05, 0.1) is 0 Å². The quantitative estimate of drug-likeness (QED) is 0.386. The van der Waals surface area contributed by atoms with Crippen LogP contribution >= 0.6 is 0 Å². The molecule has 0 aliphatic carbocycles. The smallest absolute Gasteiger partial charge is 0.211 e. The van der Waals surface area contributed by atoms with E-state index in [1.807, 2.05) is 0 Å². The van der Waals surface area contributed by atoms with Crippen molar-refractivity contribution in [1.29, 1.82) is 0 Å². The summed E-state index contributed by atoms with van der Waals surface area (Å²) in [6, 6.07) is 0. The summed E-state index contributed by atoms with van der Waals surface area (Å²) < 4.78 is 0. The van der Waals surface area contributed by atoms with Crippen molar-refractivity contribution < 1.29 is 10.2 Å². The molecule has 3 N–H and O–H groups in total. The Bertz CT molecular complexity index is 122. The summed E-state index contributed by atoms with van der Waals surface area (Å²) in [5, 5.41) is 19.8. The Morgan fingerprint density at radius 1 is 1.56 bits per heavy atom. The van der Waals surface area contributed by atoms with Gasteiger partial charge in [-0.2, -0.15) is 0 Å². The summed E-state index contributed by atoms with van der Waals surface area (Å²) in [4.78, 5) is 3.83. The first kappa shape index (κ1) is 6.51. The number of aliphatic imine (C=N–C) groups is 1. The first-order valence-electron chi connectivity index (χ1n) is 2.95. The lowest BCUT2D eigenvalue weighted by Gasteiger charge is -2.14. The van der Waals surface area contributed by atoms with E-state index >= 15 is 0 Å². The highest BCUT2D eigenvalue weighted by Gasteiger charge is 2.09. The maximum atomic E-state index is 8.54. The van der Waals surface area contributed by atoms with Crippen LogP contribution in [0, 0.1) is 0 Å². The highest BCUT2D eigenvalue weighted by molar-refractivity contribution is 5.85. The molecule has 0 amide bonds. The molecule has 0 spiro atoms. The fraction of sp³-hybridized carbons (Fsp3) is 0.800. The maximum Gasteiger partial charge on any atom is 0.211 e. The number of rotatable bonds is 1. The predicted octanol–water partition coefficient (Wildman–Crippen LogP) is -1.31. The summed E-state index contributed by atoms with van der Waals surface area (Å²) in [6.07, 6.45) is -0.457. The Labute approximate surface area is 53.2 Å². The van der Waals surface area contributed by atoms with Gasteiger partial charge in [-0.05, 0) is 6.42 Å². The van der Waals surface area contributed by atoms with Crippen LogP contribution in [0.3, 0.4) is 0 Å². The molecule has 9 heavy (non-hydrogen) atoms. The van der Waals surface area contributed by atoms with Gasteiger partial charge < -0.3 is 15.5 Å². The number of aliphatic hydroxyl groups excluding tert-OH is 1. The highest BCUT2D eigenvalue weighted by Crippen LogP contribution is 1.91. The summed E-state index contributed by atoms with van der Waals surface area (Å²) >= 11 is 0. The van der Waals surface area contributed by atoms with Crippen LogP contribution in [0.4, 0.5) is 0 Å². The van der Waals surface area contributed by atoms with Crippen molar-refractivity contribution in [1.82, 2.24) is 5.32 Å². The molecule has 0 aromatic heterocycles. The second-order valence-electron chi connectivity index (χ2n) is 1.92. The Morgan fingerprint density at radius 2 is 2.33 bits per heavy atom. The van der Waals surface area contributed by atoms with Crippen LogP contribution in [-0.2, 0) is 0 Å². The molecule has 0 bridgehead atoms. The highest BCUT2D eigenvalue weighted by atomic mass is 16.5. The normalized spacial score (nSPS) is 19.2. The molecular formula is C5H10N2O2. The molecule has 1 aliphatic rings. The molecule has 0 aromatic carbocycles. The van der Waals surface area contributed by atoms with E-state index in [4.69, 9.17) is 10.2 Å². The molecule has 0 saturated heterocycles. The van der Waals surface area contributed by atoms with Crippen LogP contribution < -0.4 is 5.32 Å². The van der Waals surface area contributed by atoms with Gasteiger partial charge in [-0.1, -0.05) is 0 Å². The maximum absolute atomic E-state index is 8.54. The van der Waals surface area contributed by atoms with Crippen molar-refractivity contribution in [2.45, 2.75) is 12.7 Å². The van der Waals surface area contributed by atoms with Gasteiger partial charge in [0.2, 0.25) is 6.29 Å². The lowest BCUT2D eigenvalue weighted by atomic mass is 10.3. The molecule has 0 saturated carbocycles. The van der Waals surface area contributed by atoms with Gasteiger partial charge in [0, 0.05) is 13.1 Å². The van der Waals surface area contributed by atoms with E-state index in [1.54, 1.807) is 0 Å². The first-order chi connectivity index (χ1) is 4.30. The molecule has 0 atom stereocenters. The molecule has 4 heteroatoms. The topological polar surface area (TPSA) is 64.8 Å². The largest absolute Gasteiger partial charge is 0.369 e. The average molecular weight is 130 g/mol. The van der Waals surface area contributed by atoms with Crippen LogP contribution in [-0.4, -0.2) is 35.4 Å².